The quantitative estimate of drug-likeness (QED) is 0.788. The Bertz CT molecular complexity index is 644. The number of esters is 1. The molecule has 0 bridgehead atoms. The summed E-state index contributed by atoms with van der Waals surface area (Å²) in [5, 5.41) is 3.89. The monoisotopic (exact) mass is 270 g/mol. The van der Waals surface area contributed by atoms with Crippen molar-refractivity contribution in [2.75, 3.05) is 7.11 Å². The Kier molecular flexibility index (Phi) is 3.28. The number of alkyl halides is 3. The van der Waals surface area contributed by atoms with E-state index in [1.54, 1.807) is 0 Å². The zero-order valence-corrected chi connectivity index (χ0v) is 9.81. The Morgan fingerprint density at radius 2 is 2.16 bits per heavy atom. The largest absolute Gasteiger partial charge is 0.465 e. The van der Waals surface area contributed by atoms with E-state index in [1.807, 2.05) is 0 Å². The predicted molar refractivity (Wildman–Crippen MR) is 61.6 cm³/mol. The highest BCUT2D eigenvalue weighted by Crippen LogP contribution is 2.19. The van der Waals surface area contributed by atoms with Gasteiger partial charge < -0.3 is 4.74 Å². The Hall–Kier alpha value is -2.31. The fraction of sp³-hybridized carbons (Fsp3) is 0.167. The zero-order chi connectivity index (χ0) is 14.0. The molecular formula is C12H9F3N2O2. The van der Waals surface area contributed by atoms with Crippen LogP contribution in [-0.2, 0) is 4.74 Å². The van der Waals surface area contributed by atoms with E-state index in [-0.39, 0.29) is 11.6 Å². The van der Waals surface area contributed by atoms with Gasteiger partial charge in [0.05, 0.1) is 18.8 Å². The maximum Gasteiger partial charge on any atom is 0.409 e. The van der Waals surface area contributed by atoms with Crippen LogP contribution in [-0.4, -0.2) is 28.9 Å². The highest BCUT2D eigenvalue weighted by Gasteiger charge is 2.21. The van der Waals surface area contributed by atoms with Crippen LogP contribution in [0.2, 0.25) is 0 Å². The van der Waals surface area contributed by atoms with Crippen LogP contribution >= 0.6 is 0 Å². The highest BCUT2D eigenvalue weighted by molar-refractivity contribution is 5.96. The van der Waals surface area contributed by atoms with Crippen LogP contribution in [0.1, 0.15) is 15.9 Å². The number of hydrogen-bond acceptors (Lipinski definition) is 3. The van der Waals surface area contributed by atoms with Crippen LogP contribution in [0.25, 0.3) is 11.6 Å². The third-order valence-electron chi connectivity index (χ3n) is 2.41. The average molecular weight is 270 g/mol. The topological polar surface area (TPSA) is 43.6 Å². The Morgan fingerprint density at radius 3 is 2.79 bits per heavy atom. The zero-order valence-electron chi connectivity index (χ0n) is 9.81. The maximum absolute atomic E-state index is 12.0. The molecule has 0 aliphatic heterocycles. The molecule has 7 heteroatoms. The molecule has 0 saturated carbocycles. The third kappa shape index (κ3) is 2.93. The molecule has 2 aromatic heterocycles. The molecule has 0 aliphatic carbocycles. The number of rotatable bonds is 2. The summed E-state index contributed by atoms with van der Waals surface area (Å²) >= 11 is 0. The SMILES string of the molecule is COC(=O)c1cnn2cc(/C=C/C(F)(F)F)ccc12. The molecule has 100 valence electrons. The van der Waals surface area contributed by atoms with E-state index in [4.69, 9.17) is 0 Å². The van der Waals surface area contributed by atoms with E-state index < -0.39 is 12.1 Å². The van der Waals surface area contributed by atoms with Gasteiger partial charge >= 0.3 is 12.1 Å². The van der Waals surface area contributed by atoms with Gasteiger partial charge in [-0.2, -0.15) is 18.3 Å². The van der Waals surface area contributed by atoms with Crippen molar-refractivity contribution in [2.45, 2.75) is 6.18 Å². The summed E-state index contributed by atoms with van der Waals surface area (Å²) in [6.45, 7) is 0. The van der Waals surface area contributed by atoms with Gasteiger partial charge in [0.15, 0.2) is 0 Å². The first-order valence-corrected chi connectivity index (χ1v) is 5.22. The number of hydrogen-bond donors (Lipinski definition) is 0. The van der Waals surface area contributed by atoms with Gasteiger partial charge in [0.2, 0.25) is 0 Å². The van der Waals surface area contributed by atoms with Crippen LogP contribution in [0.5, 0.6) is 0 Å². The first-order valence-electron chi connectivity index (χ1n) is 5.22. The van der Waals surface area contributed by atoms with Gasteiger partial charge in [-0.15, -0.1) is 0 Å². The molecule has 0 amide bonds. The number of nitrogens with zero attached hydrogens (tertiary/aromatic N) is 2. The summed E-state index contributed by atoms with van der Waals surface area (Å²) in [5.74, 6) is -0.548. The van der Waals surface area contributed by atoms with Crippen molar-refractivity contribution in [1.82, 2.24) is 9.61 Å². The second-order valence-corrected chi connectivity index (χ2v) is 3.72. The second-order valence-electron chi connectivity index (χ2n) is 3.72. The maximum atomic E-state index is 12.0. The molecule has 2 heterocycles. The van der Waals surface area contributed by atoms with E-state index >= 15 is 0 Å². The summed E-state index contributed by atoms with van der Waals surface area (Å²) in [6.07, 6.45) is -0.601. The van der Waals surface area contributed by atoms with E-state index in [9.17, 15) is 18.0 Å². The van der Waals surface area contributed by atoms with Crippen molar-refractivity contribution in [3.05, 3.63) is 41.7 Å². The van der Waals surface area contributed by atoms with E-state index in [0.717, 1.165) is 6.08 Å². The van der Waals surface area contributed by atoms with Crippen molar-refractivity contribution in [1.29, 1.82) is 0 Å². The summed E-state index contributed by atoms with van der Waals surface area (Å²) in [7, 11) is 1.24. The molecule has 2 aromatic rings. The Balaban J connectivity index is 2.38. The lowest BCUT2D eigenvalue weighted by atomic mass is 10.2. The number of methoxy groups -OCH3 is 1. The number of aromatic nitrogens is 2. The van der Waals surface area contributed by atoms with E-state index in [0.29, 0.717) is 11.1 Å². The normalized spacial score (nSPS) is 12.2. The van der Waals surface area contributed by atoms with Crippen molar-refractivity contribution >= 4 is 17.6 Å². The molecule has 4 nitrogen and oxygen atoms in total. The molecule has 0 aromatic carbocycles. The summed E-state index contributed by atoms with van der Waals surface area (Å²) in [5.41, 5.74) is 1.05. The van der Waals surface area contributed by atoms with Crippen molar-refractivity contribution < 1.29 is 22.7 Å². The van der Waals surface area contributed by atoms with Gasteiger partial charge in [-0.05, 0) is 17.7 Å². The van der Waals surface area contributed by atoms with Gasteiger partial charge in [-0.3, -0.25) is 0 Å². The number of ether oxygens (including phenoxy) is 1. The minimum Gasteiger partial charge on any atom is -0.465 e. The number of halogens is 3. The van der Waals surface area contributed by atoms with Crippen molar-refractivity contribution in [3.8, 4) is 0 Å². The summed E-state index contributed by atoms with van der Waals surface area (Å²) in [6, 6.07) is 2.97. The predicted octanol–water partition coefficient (Wildman–Crippen LogP) is 2.70. The standard InChI is InChI=1S/C12H9F3N2O2/c1-19-11(18)9-6-16-17-7-8(2-3-10(9)17)4-5-12(13,14)15/h2-7H,1H3/b5-4+. The smallest absolute Gasteiger partial charge is 0.409 e. The van der Waals surface area contributed by atoms with Gasteiger partial charge in [0.25, 0.3) is 0 Å². The van der Waals surface area contributed by atoms with E-state index in [2.05, 4.69) is 9.84 Å². The fourth-order valence-corrected chi connectivity index (χ4v) is 1.56. The minimum atomic E-state index is -4.36. The molecular weight excluding hydrogens is 261 g/mol. The molecule has 0 unspecified atom stereocenters. The molecule has 0 N–H and O–H groups in total. The number of fused-ring (bicyclic) bond motifs is 1. The first kappa shape index (κ1) is 13.1. The number of carbonyl (C=O) groups is 1. The number of carbonyl (C=O) groups excluding carboxylic acids is 1. The Morgan fingerprint density at radius 1 is 1.42 bits per heavy atom. The molecule has 0 spiro atoms. The number of pyridine rings is 1. The molecule has 0 radical (unpaired) electrons. The van der Waals surface area contributed by atoms with Crippen LogP contribution in [0.3, 0.4) is 0 Å². The van der Waals surface area contributed by atoms with Gasteiger partial charge in [-0.1, -0.05) is 6.07 Å². The lowest BCUT2D eigenvalue weighted by Crippen LogP contribution is -2.01. The molecule has 0 atom stereocenters. The van der Waals surface area contributed by atoms with Gasteiger partial charge in [0.1, 0.15) is 5.56 Å². The lowest BCUT2D eigenvalue weighted by Gasteiger charge is -2.00. The molecule has 0 saturated heterocycles. The van der Waals surface area contributed by atoms with Crippen molar-refractivity contribution in [3.63, 3.8) is 0 Å². The molecule has 0 fully saturated rings. The van der Waals surface area contributed by atoms with Crippen LogP contribution in [0.4, 0.5) is 13.2 Å². The molecule has 0 aliphatic rings. The van der Waals surface area contributed by atoms with Crippen LogP contribution in [0.15, 0.2) is 30.6 Å². The van der Waals surface area contributed by atoms with Gasteiger partial charge in [0, 0.05) is 12.3 Å². The lowest BCUT2D eigenvalue weighted by molar-refractivity contribution is -0.0790. The Labute approximate surface area is 106 Å². The molecule has 2 rings (SSSR count). The average Bonchev–Trinajstić information content (AvgIpc) is 2.77. The summed E-state index contributed by atoms with van der Waals surface area (Å²) < 4.78 is 42.0. The van der Waals surface area contributed by atoms with Gasteiger partial charge in [-0.25, -0.2) is 9.31 Å². The minimum absolute atomic E-state index is 0.138. The fourth-order valence-electron chi connectivity index (χ4n) is 1.56. The van der Waals surface area contributed by atoms with Crippen molar-refractivity contribution in [2.24, 2.45) is 0 Å². The molecule has 19 heavy (non-hydrogen) atoms. The van der Waals surface area contributed by atoms with E-state index in [1.165, 1.54) is 36.2 Å². The van der Waals surface area contributed by atoms with Crippen LogP contribution in [0, 0.1) is 0 Å². The second kappa shape index (κ2) is 4.75. The summed E-state index contributed by atoms with van der Waals surface area (Å²) in [4.78, 5) is 11.4. The third-order valence-corrected chi connectivity index (χ3v) is 2.41. The first-order chi connectivity index (χ1) is 8.90. The number of allylic oxidation sites excluding steroid dienone is 1. The highest BCUT2D eigenvalue weighted by atomic mass is 19.4. The van der Waals surface area contributed by atoms with Crippen LogP contribution < -0.4 is 0 Å².